The number of nitrogens with one attached hydrogen (secondary N) is 1. The Morgan fingerprint density at radius 2 is 2.10 bits per heavy atom. The third-order valence-corrected chi connectivity index (χ3v) is 4.08. The molecule has 0 fully saturated rings. The molecular formula is C14H18INO4. The van der Waals surface area contributed by atoms with Gasteiger partial charge >= 0.3 is 5.97 Å². The molecule has 0 radical (unpaired) electrons. The number of carboxylic acid groups (broad SMARTS) is 1. The van der Waals surface area contributed by atoms with Crippen molar-refractivity contribution in [3.8, 4) is 5.75 Å². The molecule has 1 rings (SSSR count). The van der Waals surface area contributed by atoms with Gasteiger partial charge in [-0.05, 0) is 46.7 Å². The van der Waals surface area contributed by atoms with Gasteiger partial charge in [-0.25, -0.2) is 4.79 Å². The zero-order valence-electron chi connectivity index (χ0n) is 11.6. The lowest BCUT2D eigenvalue weighted by Crippen LogP contribution is -2.45. The van der Waals surface area contributed by atoms with Gasteiger partial charge in [0.25, 0.3) is 5.91 Å². The quantitative estimate of drug-likeness (QED) is 0.731. The van der Waals surface area contributed by atoms with Crippen molar-refractivity contribution in [2.45, 2.75) is 26.3 Å². The predicted molar refractivity (Wildman–Crippen MR) is 84.1 cm³/mol. The first kappa shape index (κ1) is 16.7. The second-order valence-electron chi connectivity index (χ2n) is 4.52. The summed E-state index contributed by atoms with van der Waals surface area (Å²) in [6.07, 6.45) is 0.678. The normalized spacial score (nSPS) is 13.4. The van der Waals surface area contributed by atoms with Gasteiger partial charge in [-0.3, -0.25) is 4.79 Å². The van der Waals surface area contributed by atoms with Crippen molar-refractivity contribution in [1.82, 2.24) is 5.32 Å². The van der Waals surface area contributed by atoms with E-state index in [1.807, 2.05) is 29.5 Å². The number of ether oxygens (including phenoxy) is 1. The number of carbonyl (C=O) groups is 2. The first-order valence-corrected chi connectivity index (χ1v) is 7.35. The maximum Gasteiger partial charge on any atom is 0.326 e. The van der Waals surface area contributed by atoms with Crippen LogP contribution in [-0.2, 0) is 4.79 Å². The van der Waals surface area contributed by atoms with E-state index in [0.29, 0.717) is 21.3 Å². The maximum absolute atomic E-state index is 12.2. The zero-order valence-corrected chi connectivity index (χ0v) is 13.8. The molecule has 0 aliphatic heterocycles. The summed E-state index contributed by atoms with van der Waals surface area (Å²) in [7, 11) is 1.55. The van der Waals surface area contributed by atoms with Crippen LogP contribution in [0.1, 0.15) is 30.6 Å². The van der Waals surface area contributed by atoms with Crippen LogP contribution in [0.25, 0.3) is 0 Å². The number of carbonyl (C=O) groups excluding carboxylic acids is 1. The summed E-state index contributed by atoms with van der Waals surface area (Å²) in [4.78, 5) is 23.4. The molecule has 0 saturated carbocycles. The highest BCUT2D eigenvalue weighted by atomic mass is 127. The fourth-order valence-electron chi connectivity index (χ4n) is 1.71. The lowest BCUT2D eigenvalue weighted by Gasteiger charge is -2.20. The molecule has 0 spiro atoms. The lowest BCUT2D eigenvalue weighted by atomic mass is 9.99. The van der Waals surface area contributed by atoms with Gasteiger partial charge in [-0.15, -0.1) is 0 Å². The van der Waals surface area contributed by atoms with Crippen molar-refractivity contribution in [1.29, 1.82) is 0 Å². The van der Waals surface area contributed by atoms with E-state index in [1.54, 1.807) is 32.2 Å². The average Bonchev–Trinajstić information content (AvgIpc) is 2.43. The number of methoxy groups -OCH3 is 1. The number of carboxylic acids is 1. The number of aliphatic carboxylic acids is 1. The van der Waals surface area contributed by atoms with Gasteiger partial charge in [0, 0.05) is 3.57 Å². The number of amides is 1. The summed E-state index contributed by atoms with van der Waals surface area (Å²) in [5.41, 5.74) is 0.445. The molecule has 1 amide bonds. The summed E-state index contributed by atoms with van der Waals surface area (Å²) in [6.45, 7) is 3.70. The molecule has 2 N–H and O–H groups in total. The molecule has 20 heavy (non-hydrogen) atoms. The van der Waals surface area contributed by atoms with E-state index in [0.717, 1.165) is 0 Å². The largest absolute Gasteiger partial charge is 0.497 e. The Morgan fingerprint density at radius 3 is 2.55 bits per heavy atom. The van der Waals surface area contributed by atoms with Gasteiger partial charge in [0.2, 0.25) is 0 Å². The van der Waals surface area contributed by atoms with Crippen LogP contribution >= 0.6 is 22.6 Å². The van der Waals surface area contributed by atoms with Crippen LogP contribution in [-0.4, -0.2) is 30.1 Å². The standard InChI is InChI=1S/C14H18INO4/c1-4-8(2)12(14(18)19)16-13(17)10-6-5-9(20-3)7-11(10)15/h5-8,12H,4H2,1-3H3,(H,16,17)(H,18,19)/t8-,12-/m0/s1. The number of benzene rings is 1. The topological polar surface area (TPSA) is 75.6 Å². The minimum atomic E-state index is -1.02. The van der Waals surface area contributed by atoms with Gasteiger partial charge in [-0.2, -0.15) is 0 Å². The second kappa shape index (κ2) is 7.47. The highest BCUT2D eigenvalue weighted by molar-refractivity contribution is 14.1. The number of rotatable bonds is 6. The summed E-state index contributed by atoms with van der Waals surface area (Å²) in [5.74, 6) is -0.879. The van der Waals surface area contributed by atoms with Crippen LogP contribution in [0.3, 0.4) is 0 Å². The number of halogens is 1. The van der Waals surface area contributed by atoms with Gasteiger partial charge in [0.05, 0.1) is 12.7 Å². The predicted octanol–water partition coefficient (Wildman–Crippen LogP) is 2.53. The lowest BCUT2D eigenvalue weighted by molar-refractivity contribution is -0.140. The van der Waals surface area contributed by atoms with Crippen LogP contribution < -0.4 is 10.1 Å². The van der Waals surface area contributed by atoms with Crippen molar-refractivity contribution < 1.29 is 19.4 Å². The Hall–Kier alpha value is -1.31. The van der Waals surface area contributed by atoms with Crippen LogP contribution in [0.15, 0.2) is 18.2 Å². The molecule has 0 aliphatic carbocycles. The monoisotopic (exact) mass is 391 g/mol. The molecule has 6 heteroatoms. The molecule has 0 saturated heterocycles. The Morgan fingerprint density at radius 1 is 1.45 bits per heavy atom. The number of hydrogen-bond donors (Lipinski definition) is 2. The van der Waals surface area contributed by atoms with E-state index in [1.165, 1.54) is 0 Å². The summed E-state index contributed by atoms with van der Waals surface area (Å²) >= 11 is 2.03. The molecule has 0 aliphatic rings. The average molecular weight is 391 g/mol. The van der Waals surface area contributed by atoms with Crippen molar-refractivity contribution >= 4 is 34.5 Å². The molecule has 0 bridgehead atoms. The van der Waals surface area contributed by atoms with E-state index in [-0.39, 0.29) is 11.8 Å². The van der Waals surface area contributed by atoms with Crippen LogP contribution in [0.4, 0.5) is 0 Å². The summed E-state index contributed by atoms with van der Waals surface area (Å²) in [5, 5.41) is 11.8. The fourth-order valence-corrected chi connectivity index (χ4v) is 2.44. The Kier molecular flexibility index (Phi) is 6.25. The van der Waals surface area contributed by atoms with E-state index >= 15 is 0 Å². The minimum absolute atomic E-state index is 0.132. The van der Waals surface area contributed by atoms with Crippen LogP contribution in [0.5, 0.6) is 5.75 Å². The summed E-state index contributed by atoms with van der Waals surface area (Å²) in [6, 6.07) is 4.15. The maximum atomic E-state index is 12.2. The Labute approximate surface area is 131 Å². The van der Waals surface area contributed by atoms with Crippen molar-refractivity contribution in [3.63, 3.8) is 0 Å². The van der Waals surface area contributed by atoms with Gasteiger partial charge < -0.3 is 15.2 Å². The zero-order chi connectivity index (χ0) is 15.3. The first-order chi connectivity index (χ1) is 9.40. The molecule has 5 nitrogen and oxygen atoms in total. The smallest absolute Gasteiger partial charge is 0.326 e. The Bertz CT molecular complexity index is 504. The van der Waals surface area contributed by atoms with Crippen LogP contribution in [0.2, 0.25) is 0 Å². The van der Waals surface area contributed by atoms with Crippen molar-refractivity contribution in [2.24, 2.45) is 5.92 Å². The van der Waals surface area contributed by atoms with E-state index in [4.69, 9.17) is 4.74 Å². The van der Waals surface area contributed by atoms with Gasteiger partial charge in [0.1, 0.15) is 11.8 Å². The van der Waals surface area contributed by atoms with Crippen molar-refractivity contribution in [3.05, 3.63) is 27.3 Å². The Balaban J connectivity index is 2.92. The minimum Gasteiger partial charge on any atom is -0.497 e. The molecule has 0 unspecified atom stereocenters. The van der Waals surface area contributed by atoms with Crippen molar-refractivity contribution in [2.75, 3.05) is 7.11 Å². The first-order valence-electron chi connectivity index (χ1n) is 6.27. The highest BCUT2D eigenvalue weighted by Gasteiger charge is 2.26. The summed E-state index contributed by atoms with van der Waals surface area (Å²) < 4.78 is 5.79. The highest BCUT2D eigenvalue weighted by Crippen LogP contribution is 2.20. The van der Waals surface area contributed by atoms with Gasteiger partial charge in [-0.1, -0.05) is 20.3 Å². The third kappa shape index (κ3) is 4.09. The molecule has 0 heterocycles. The van der Waals surface area contributed by atoms with E-state index in [9.17, 15) is 14.7 Å². The van der Waals surface area contributed by atoms with E-state index in [2.05, 4.69) is 5.32 Å². The molecular weight excluding hydrogens is 373 g/mol. The fraction of sp³-hybridized carbons (Fsp3) is 0.429. The molecule has 2 atom stereocenters. The number of hydrogen-bond acceptors (Lipinski definition) is 3. The van der Waals surface area contributed by atoms with Crippen LogP contribution in [0, 0.1) is 9.49 Å². The molecule has 0 aromatic heterocycles. The second-order valence-corrected chi connectivity index (χ2v) is 5.68. The third-order valence-electron chi connectivity index (χ3n) is 3.19. The van der Waals surface area contributed by atoms with E-state index < -0.39 is 12.0 Å². The molecule has 1 aromatic carbocycles. The SMILES string of the molecule is CC[C@H](C)[C@H](NC(=O)c1ccc(OC)cc1I)C(=O)O. The van der Waals surface area contributed by atoms with Gasteiger partial charge in [0.15, 0.2) is 0 Å². The molecule has 1 aromatic rings. The molecule has 110 valence electrons.